The summed E-state index contributed by atoms with van der Waals surface area (Å²) in [5.74, 6) is 0.0436. The third-order valence-electron chi connectivity index (χ3n) is 4.94. The molecule has 1 aliphatic rings. The summed E-state index contributed by atoms with van der Waals surface area (Å²) in [5.41, 5.74) is 2.32. The third-order valence-corrected chi connectivity index (χ3v) is 6.12. The van der Waals surface area contributed by atoms with E-state index in [0.717, 1.165) is 44.2 Å². The Kier molecular flexibility index (Phi) is 6.49. The number of nitrogens with zero attached hydrogens (tertiary/aromatic N) is 2. The molecule has 0 N–H and O–H groups in total. The number of aryl methyl sites for hydroxylation is 1. The summed E-state index contributed by atoms with van der Waals surface area (Å²) >= 11 is 0. The van der Waals surface area contributed by atoms with Crippen molar-refractivity contribution < 1.29 is 13.2 Å². The predicted molar refractivity (Wildman–Crippen MR) is 103 cm³/mol. The second kappa shape index (κ2) is 8.21. The van der Waals surface area contributed by atoms with Crippen molar-refractivity contribution in [1.29, 1.82) is 0 Å². The summed E-state index contributed by atoms with van der Waals surface area (Å²) in [4.78, 5) is 15.0. The van der Waals surface area contributed by atoms with Gasteiger partial charge in [0, 0.05) is 24.7 Å². The van der Waals surface area contributed by atoms with E-state index >= 15 is 0 Å². The van der Waals surface area contributed by atoms with E-state index in [9.17, 15) is 13.2 Å². The second-order valence-corrected chi connectivity index (χ2v) is 8.80. The first-order valence-electron chi connectivity index (χ1n) is 9.21. The van der Waals surface area contributed by atoms with Crippen LogP contribution in [0.25, 0.3) is 0 Å². The maximum Gasteiger partial charge on any atom is 0.254 e. The molecule has 1 amide bonds. The van der Waals surface area contributed by atoms with Gasteiger partial charge >= 0.3 is 0 Å². The van der Waals surface area contributed by atoms with Gasteiger partial charge in [-0.05, 0) is 56.4 Å². The standard InChI is InChI=1S/C19H30N2O3S/c1-5-7-12-20(15(3)6-2)19(22)17-10-11-18-16(14-17)9-8-13-21(18)25(4,23)24/h10-11,14-15H,5-9,12-13H2,1-4H3. The third kappa shape index (κ3) is 4.54. The normalized spacial score (nSPS) is 15.6. The van der Waals surface area contributed by atoms with Gasteiger partial charge in [0.05, 0.1) is 11.9 Å². The Balaban J connectivity index is 2.32. The molecule has 6 heteroatoms. The number of benzene rings is 1. The summed E-state index contributed by atoms with van der Waals surface area (Å²) in [6.07, 6.45) is 5.78. The van der Waals surface area contributed by atoms with Gasteiger partial charge in [-0.1, -0.05) is 20.3 Å². The maximum absolute atomic E-state index is 13.0. The minimum Gasteiger partial charge on any atom is -0.336 e. The minimum absolute atomic E-state index is 0.0436. The first-order valence-corrected chi connectivity index (χ1v) is 11.1. The van der Waals surface area contributed by atoms with E-state index < -0.39 is 10.0 Å². The van der Waals surface area contributed by atoms with Gasteiger partial charge in [0.15, 0.2) is 0 Å². The Morgan fingerprint density at radius 2 is 2.04 bits per heavy atom. The molecule has 1 aromatic rings. The van der Waals surface area contributed by atoms with Crippen LogP contribution in [0.2, 0.25) is 0 Å². The van der Waals surface area contributed by atoms with E-state index in [4.69, 9.17) is 0 Å². The van der Waals surface area contributed by atoms with Crippen molar-refractivity contribution in [3.63, 3.8) is 0 Å². The molecule has 0 aliphatic carbocycles. The molecule has 25 heavy (non-hydrogen) atoms. The number of anilines is 1. The number of hydrogen-bond acceptors (Lipinski definition) is 3. The number of rotatable bonds is 7. The average molecular weight is 367 g/mol. The molecular weight excluding hydrogens is 336 g/mol. The lowest BCUT2D eigenvalue weighted by Crippen LogP contribution is -2.39. The van der Waals surface area contributed by atoms with Crippen LogP contribution in [-0.2, 0) is 16.4 Å². The zero-order valence-corrected chi connectivity index (χ0v) is 16.6. The van der Waals surface area contributed by atoms with Crippen molar-refractivity contribution in [2.75, 3.05) is 23.7 Å². The van der Waals surface area contributed by atoms with Crippen molar-refractivity contribution in [2.45, 2.75) is 58.9 Å². The van der Waals surface area contributed by atoms with Crippen LogP contribution in [0.3, 0.4) is 0 Å². The monoisotopic (exact) mass is 366 g/mol. The van der Waals surface area contributed by atoms with E-state index in [-0.39, 0.29) is 11.9 Å². The second-order valence-electron chi connectivity index (χ2n) is 6.89. The Labute approximate surface area is 152 Å². The van der Waals surface area contributed by atoms with Crippen LogP contribution in [0.1, 0.15) is 62.4 Å². The highest BCUT2D eigenvalue weighted by Gasteiger charge is 2.26. The molecule has 5 nitrogen and oxygen atoms in total. The van der Waals surface area contributed by atoms with Crippen LogP contribution < -0.4 is 4.31 Å². The van der Waals surface area contributed by atoms with Crippen LogP contribution in [-0.4, -0.2) is 44.6 Å². The van der Waals surface area contributed by atoms with Crippen molar-refractivity contribution >= 4 is 21.6 Å². The molecule has 0 spiro atoms. The molecule has 1 heterocycles. The maximum atomic E-state index is 13.0. The lowest BCUT2D eigenvalue weighted by atomic mass is 9.99. The van der Waals surface area contributed by atoms with E-state index in [1.165, 1.54) is 10.6 Å². The minimum atomic E-state index is -3.28. The smallest absolute Gasteiger partial charge is 0.254 e. The van der Waals surface area contributed by atoms with Crippen LogP contribution in [0.4, 0.5) is 5.69 Å². The topological polar surface area (TPSA) is 57.7 Å². The first-order chi connectivity index (χ1) is 11.8. The molecule has 0 fully saturated rings. The van der Waals surface area contributed by atoms with E-state index in [1.807, 2.05) is 11.0 Å². The lowest BCUT2D eigenvalue weighted by Gasteiger charge is -2.31. The molecule has 2 rings (SSSR count). The quantitative estimate of drug-likeness (QED) is 0.743. The highest BCUT2D eigenvalue weighted by molar-refractivity contribution is 7.92. The Morgan fingerprint density at radius 3 is 2.64 bits per heavy atom. The predicted octanol–water partition coefficient (Wildman–Crippen LogP) is 3.44. The largest absolute Gasteiger partial charge is 0.336 e. The van der Waals surface area contributed by atoms with Gasteiger partial charge < -0.3 is 4.90 Å². The summed E-state index contributed by atoms with van der Waals surface area (Å²) < 4.78 is 25.4. The molecular formula is C19H30N2O3S. The van der Waals surface area contributed by atoms with Crippen molar-refractivity contribution in [2.24, 2.45) is 0 Å². The summed E-state index contributed by atoms with van der Waals surface area (Å²) in [5, 5.41) is 0. The van der Waals surface area contributed by atoms with Gasteiger partial charge in [-0.2, -0.15) is 0 Å². The fraction of sp³-hybridized carbons (Fsp3) is 0.632. The van der Waals surface area contributed by atoms with Crippen molar-refractivity contribution in [3.8, 4) is 0 Å². The SMILES string of the molecule is CCCCN(C(=O)c1ccc2c(c1)CCCN2S(C)(=O)=O)C(C)CC. The number of carbonyl (C=O) groups is 1. The van der Waals surface area contributed by atoms with Gasteiger partial charge in [-0.25, -0.2) is 8.42 Å². The zero-order chi connectivity index (χ0) is 18.6. The summed E-state index contributed by atoms with van der Waals surface area (Å²) in [7, 11) is -3.28. The highest BCUT2D eigenvalue weighted by Crippen LogP contribution is 2.30. The summed E-state index contributed by atoms with van der Waals surface area (Å²) in [6, 6.07) is 5.64. The Hall–Kier alpha value is -1.56. The van der Waals surface area contributed by atoms with E-state index in [2.05, 4.69) is 20.8 Å². The first kappa shape index (κ1) is 19.8. The number of hydrogen-bond donors (Lipinski definition) is 0. The molecule has 1 aliphatic heterocycles. The molecule has 140 valence electrons. The van der Waals surface area contributed by atoms with E-state index in [1.54, 1.807) is 12.1 Å². The van der Waals surface area contributed by atoms with Crippen LogP contribution in [0, 0.1) is 0 Å². The zero-order valence-electron chi connectivity index (χ0n) is 15.8. The number of unbranched alkanes of at least 4 members (excludes halogenated alkanes) is 1. The molecule has 0 saturated heterocycles. The van der Waals surface area contributed by atoms with Crippen LogP contribution in [0.5, 0.6) is 0 Å². The van der Waals surface area contributed by atoms with Crippen molar-refractivity contribution in [1.82, 2.24) is 4.90 Å². The van der Waals surface area contributed by atoms with Gasteiger partial charge in [-0.15, -0.1) is 0 Å². The molecule has 0 radical (unpaired) electrons. The van der Waals surface area contributed by atoms with Gasteiger partial charge in [0.1, 0.15) is 0 Å². The Bertz CT molecular complexity index is 715. The molecule has 0 saturated carbocycles. The van der Waals surface area contributed by atoms with Crippen LogP contribution >= 0.6 is 0 Å². The number of fused-ring (bicyclic) bond motifs is 1. The van der Waals surface area contributed by atoms with Gasteiger partial charge in [-0.3, -0.25) is 9.10 Å². The number of carbonyl (C=O) groups excluding carboxylic acids is 1. The molecule has 0 aromatic heterocycles. The van der Waals surface area contributed by atoms with Crippen molar-refractivity contribution in [3.05, 3.63) is 29.3 Å². The molecule has 1 aromatic carbocycles. The number of sulfonamides is 1. The fourth-order valence-electron chi connectivity index (χ4n) is 3.28. The Morgan fingerprint density at radius 1 is 1.32 bits per heavy atom. The van der Waals surface area contributed by atoms with Crippen LogP contribution in [0.15, 0.2) is 18.2 Å². The van der Waals surface area contributed by atoms with Gasteiger partial charge in [0.25, 0.3) is 5.91 Å². The van der Waals surface area contributed by atoms with Gasteiger partial charge in [0.2, 0.25) is 10.0 Å². The summed E-state index contributed by atoms with van der Waals surface area (Å²) in [6.45, 7) is 7.56. The highest BCUT2D eigenvalue weighted by atomic mass is 32.2. The van der Waals surface area contributed by atoms with E-state index in [0.29, 0.717) is 17.8 Å². The fourth-order valence-corrected chi connectivity index (χ4v) is 4.27. The lowest BCUT2D eigenvalue weighted by molar-refractivity contribution is 0.0685. The number of amides is 1. The average Bonchev–Trinajstić information content (AvgIpc) is 2.59. The molecule has 1 unspecified atom stereocenters. The molecule has 1 atom stereocenters. The molecule has 0 bridgehead atoms.